The van der Waals surface area contributed by atoms with E-state index < -0.39 is 6.10 Å². The molecule has 0 spiro atoms. The van der Waals surface area contributed by atoms with Crippen LogP contribution in [0.1, 0.15) is 226 Å². The van der Waals surface area contributed by atoms with Gasteiger partial charge in [-0.1, -0.05) is 184 Å². The highest BCUT2D eigenvalue weighted by atomic mass is 16.6. The molecule has 57 heavy (non-hydrogen) atoms. The van der Waals surface area contributed by atoms with Gasteiger partial charge < -0.3 is 14.2 Å². The van der Waals surface area contributed by atoms with E-state index in [1.165, 1.54) is 116 Å². The van der Waals surface area contributed by atoms with Gasteiger partial charge in [0.2, 0.25) is 0 Å². The number of allylic oxidation sites excluding steroid dienone is 10. The summed E-state index contributed by atoms with van der Waals surface area (Å²) < 4.78 is 16.6. The van der Waals surface area contributed by atoms with Gasteiger partial charge in [-0.15, -0.1) is 0 Å². The first-order valence-corrected chi connectivity index (χ1v) is 23.8. The van der Waals surface area contributed by atoms with Crippen LogP contribution in [0.3, 0.4) is 0 Å². The number of rotatable bonds is 42. The molecule has 0 aromatic rings. The summed E-state index contributed by atoms with van der Waals surface area (Å²) in [6, 6.07) is 0. The number of hydrogen-bond donors (Lipinski definition) is 0. The van der Waals surface area contributed by atoms with Crippen LogP contribution in [-0.2, 0) is 28.6 Å². The summed E-state index contributed by atoms with van der Waals surface area (Å²) in [4.78, 5) is 37.7. The summed E-state index contributed by atoms with van der Waals surface area (Å²) in [6.07, 6.45) is 55.0. The molecule has 0 aliphatic rings. The number of esters is 3. The molecule has 0 saturated carbocycles. The van der Waals surface area contributed by atoms with Crippen LogP contribution in [0.25, 0.3) is 0 Å². The minimum atomic E-state index is -0.797. The van der Waals surface area contributed by atoms with E-state index in [-0.39, 0.29) is 31.1 Å². The van der Waals surface area contributed by atoms with Crippen molar-refractivity contribution in [2.24, 2.45) is 0 Å². The van der Waals surface area contributed by atoms with Gasteiger partial charge in [0, 0.05) is 19.3 Å². The van der Waals surface area contributed by atoms with Crippen LogP contribution in [0, 0.1) is 0 Å². The SMILES string of the molecule is CCCC/C=C\C=C/CCCCCC(=O)OC(COC(=O)CCC/C=C\CCCCCC)COC(=O)CCCCCCCCCCCC/C=C\C=C/CCCCC. The average Bonchev–Trinajstić information content (AvgIpc) is 3.21. The first-order chi connectivity index (χ1) is 28.0. The van der Waals surface area contributed by atoms with E-state index in [4.69, 9.17) is 14.2 Å². The molecule has 6 heteroatoms. The molecule has 0 N–H and O–H groups in total. The normalized spacial score (nSPS) is 12.5. The summed E-state index contributed by atoms with van der Waals surface area (Å²) in [7, 11) is 0. The lowest BCUT2D eigenvalue weighted by Crippen LogP contribution is -2.30. The van der Waals surface area contributed by atoms with Crippen molar-refractivity contribution in [3.63, 3.8) is 0 Å². The Morgan fingerprint density at radius 2 is 0.667 bits per heavy atom. The van der Waals surface area contributed by atoms with Gasteiger partial charge in [-0.25, -0.2) is 0 Å². The zero-order valence-corrected chi connectivity index (χ0v) is 37.3. The Bertz CT molecular complexity index is 1050. The summed E-state index contributed by atoms with van der Waals surface area (Å²) in [5, 5.41) is 0. The van der Waals surface area contributed by atoms with Crippen molar-refractivity contribution in [3.05, 3.63) is 60.8 Å². The van der Waals surface area contributed by atoms with Crippen LogP contribution in [0.15, 0.2) is 60.8 Å². The molecule has 0 radical (unpaired) electrons. The number of carbonyl (C=O) groups excluding carboxylic acids is 3. The standard InChI is InChI=1S/C51H88O6/c1-4-7-10-13-16-19-21-22-23-24-25-26-27-28-30-32-35-38-41-44-50(53)56-47-48(46-55-49(52)43-40-37-34-31-18-15-12-9-6-3)57-51(54)45-42-39-36-33-29-20-17-14-11-8-5-2/h14,16-17,19-22,29,31,34,48H,4-13,15,18,23-28,30,32-33,35-47H2,1-3H3/b17-14-,19-16-,22-21-,29-20-,34-31-. The van der Waals surface area contributed by atoms with Crippen LogP contribution in [0.4, 0.5) is 0 Å². The van der Waals surface area contributed by atoms with Gasteiger partial charge in [0.05, 0.1) is 0 Å². The van der Waals surface area contributed by atoms with Crippen molar-refractivity contribution in [1.82, 2.24) is 0 Å². The summed E-state index contributed by atoms with van der Waals surface area (Å²) in [5.41, 5.74) is 0. The first-order valence-electron chi connectivity index (χ1n) is 23.8. The highest BCUT2D eigenvalue weighted by molar-refractivity contribution is 5.71. The second-order valence-electron chi connectivity index (χ2n) is 15.7. The largest absolute Gasteiger partial charge is 0.462 e. The maximum Gasteiger partial charge on any atom is 0.306 e. The lowest BCUT2D eigenvalue weighted by atomic mass is 10.1. The zero-order valence-electron chi connectivity index (χ0n) is 37.3. The summed E-state index contributed by atoms with van der Waals surface area (Å²) in [5.74, 6) is -0.967. The molecule has 0 amide bonds. The lowest BCUT2D eigenvalue weighted by molar-refractivity contribution is -0.167. The van der Waals surface area contributed by atoms with E-state index in [1.54, 1.807) is 0 Å². The van der Waals surface area contributed by atoms with Gasteiger partial charge in [0.1, 0.15) is 13.2 Å². The van der Waals surface area contributed by atoms with Crippen molar-refractivity contribution in [2.75, 3.05) is 13.2 Å². The topological polar surface area (TPSA) is 78.9 Å². The number of carbonyl (C=O) groups is 3. The van der Waals surface area contributed by atoms with E-state index in [1.807, 2.05) is 0 Å². The van der Waals surface area contributed by atoms with Crippen LogP contribution >= 0.6 is 0 Å². The smallest absolute Gasteiger partial charge is 0.306 e. The molecule has 0 aromatic heterocycles. The highest BCUT2D eigenvalue weighted by Gasteiger charge is 2.19. The molecule has 0 heterocycles. The maximum atomic E-state index is 12.7. The summed E-state index contributed by atoms with van der Waals surface area (Å²) in [6.45, 7) is 6.46. The van der Waals surface area contributed by atoms with Crippen LogP contribution < -0.4 is 0 Å². The van der Waals surface area contributed by atoms with E-state index in [2.05, 4.69) is 81.5 Å². The quantitative estimate of drug-likeness (QED) is 0.0201. The Morgan fingerprint density at radius 3 is 1.16 bits per heavy atom. The van der Waals surface area contributed by atoms with Gasteiger partial charge in [-0.05, 0) is 83.5 Å². The van der Waals surface area contributed by atoms with E-state index >= 15 is 0 Å². The Labute approximate surface area is 351 Å². The monoisotopic (exact) mass is 797 g/mol. The number of hydrogen-bond acceptors (Lipinski definition) is 6. The van der Waals surface area contributed by atoms with Crippen molar-refractivity contribution in [3.8, 4) is 0 Å². The first kappa shape index (κ1) is 54.1. The maximum absolute atomic E-state index is 12.7. The Kier molecular flexibility index (Phi) is 43.5. The molecule has 0 rings (SSSR count). The predicted molar refractivity (Wildman–Crippen MR) is 242 cm³/mol. The molecule has 0 aliphatic heterocycles. The molecular formula is C51H88O6. The third-order valence-electron chi connectivity index (χ3n) is 10.0. The zero-order chi connectivity index (χ0) is 41.5. The van der Waals surface area contributed by atoms with Crippen molar-refractivity contribution in [1.29, 1.82) is 0 Å². The van der Waals surface area contributed by atoms with Crippen molar-refractivity contribution >= 4 is 17.9 Å². The van der Waals surface area contributed by atoms with Gasteiger partial charge in [0.25, 0.3) is 0 Å². The second kappa shape index (κ2) is 45.8. The van der Waals surface area contributed by atoms with Crippen molar-refractivity contribution in [2.45, 2.75) is 232 Å². The van der Waals surface area contributed by atoms with Gasteiger partial charge >= 0.3 is 17.9 Å². The van der Waals surface area contributed by atoms with E-state index in [9.17, 15) is 14.4 Å². The molecule has 0 aromatic carbocycles. The van der Waals surface area contributed by atoms with Crippen LogP contribution in [-0.4, -0.2) is 37.2 Å². The predicted octanol–water partition coefficient (Wildman–Crippen LogP) is 15.3. The molecule has 328 valence electrons. The molecule has 1 unspecified atom stereocenters. The van der Waals surface area contributed by atoms with Gasteiger partial charge in [-0.2, -0.15) is 0 Å². The second-order valence-corrected chi connectivity index (χ2v) is 15.7. The third kappa shape index (κ3) is 44.1. The van der Waals surface area contributed by atoms with Crippen LogP contribution in [0.2, 0.25) is 0 Å². The molecule has 0 saturated heterocycles. The van der Waals surface area contributed by atoms with E-state index in [0.29, 0.717) is 25.7 Å². The Morgan fingerprint density at radius 1 is 0.351 bits per heavy atom. The average molecular weight is 797 g/mol. The minimum absolute atomic E-state index is 0.0956. The Balaban J connectivity index is 4.33. The highest BCUT2D eigenvalue weighted by Crippen LogP contribution is 2.14. The number of ether oxygens (including phenoxy) is 3. The van der Waals surface area contributed by atoms with E-state index in [0.717, 1.165) is 64.2 Å². The van der Waals surface area contributed by atoms with Gasteiger partial charge in [-0.3, -0.25) is 14.4 Å². The molecular weight excluding hydrogens is 709 g/mol. The molecule has 0 fully saturated rings. The lowest BCUT2D eigenvalue weighted by Gasteiger charge is -2.18. The number of unbranched alkanes of at least 4 members (excludes halogenated alkanes) is 23. The molecule has 0 aliphatic carbocycles. The summed E-state index contributed by atoms with van der Waals surface area (Å²) >= 11 is 0. The molecule has 1 atom stereocenters. The Hall–Kier alpha value is -2.89. The molecule has 0 bridgehead atoms. The fraction of sp³-hybridized carbons (Fsp3) is 0.745. The fourth-order valence-corrected chi connectivity index (χ4v) is 6.35. The molecule has 6 nitrogen and oxygen atoms in total. The fourth-order valence-electron chi connectivity index (χ4n) is 6.35. The van der Waals surface area contributed by atoms with Gasteiger partial charge in [0.15, 0.2) is 6.10 Å². The van der Waals surface area contributed by atoms with Crippen LogP contribution in [0.5, 0.6) is 0 Å². The third-order valence-corrected chi connectivity index (χ3v) is 10.0. The minimum Gasteiger partial charge on any atom is -0.462 e. The van der Waals surface area contributed by atoms with Crippen molar-refractivity contribution < 1.29 is 28.6 Å².